The number of benzene rings is 1. The van der Waals surface area contributed by atoms with Crippen molar-refractivity contribution in [3.05, 3.63) is 62.8 Å². The molecule has 7 nitrogen and oxygen atoms in total. The first-order valence-electron chi connectivity index (χ1n) is 8.50. The number of furan rings is 1. The maximum atomic E-state index is 11.4. The van der Waals surface area contributed by atoms with Crippen LogP contribution in [0.5, 0.6) is 0 Å². The first kappa shape index (κ1) is 18.0. The first-order chi connectivity index (χ1) is 13.1. The third kappa shape index (κ3) is 3.83. The van der Waals surface area contributed by atoms with Gasteiger partial charge in [-0.15, -0.1) is 11.3 Å². The van der Waals surface area contributed by atoms with E-state index in [0.29, 0.717) is 18.8 Å². The zero-order chi connectivity index (χ0) is 18.8. The van der Waals surface area contributed by atoms with E-state index in [1.165, 1.54) is 0 Å². The molecule has 0 aliphatic carbocycles. The number of nitro groups is 1. The number of hydrogen-bond donors (Lipinski definition) is 0. The molecule has 9 heteroatoms. The van der Waals surface area contributed by atoms with E-state index in [4.69, 9.17) is 16.0 Å². The summed E-state index contributed by atoms with van der Waals surface area (Å²) in [5, 5.41) is 14.5. The van der Waals surface area contributed by atoms with E-state index in [9.17, 15) is 10.1 Å². The Morgan fingerprint density at radius 2 is 2.04 bits per heavy atom. The normalized spacial score (nSPS) is 15.2. The van der Waals surface area contributed by atoms with Gasteiger partial charge in [-0.05, 0) is 24.3 Å². The fourth-order valence-electron chi connectivity index (χ4n) is 3.21. The number of nitro benzene ring substituents is 1. The monoisotopic (exact) mass is 404 g/mol. The zero-order valence-electron chi connectivity index (χ0n) is 14.4. The van der Waals surface area contributed by atoms with E-state index in [-0.39, 0.29) is 10.7 Å². The van der Waals surface area contributed by atoms with E-state index in [2.05, 4.69) is 9.88 Å². The minimum absolute atomic E-state index is 0.0183. The molecule has 2 aromatic heterocycles. The van der Waals surface area contributed by atoms with Crippen LogP contribution in [-0.2, 0) is 6.54 Å². The van der Waals surface area contributed by atoms with Crippen molar-refractivity contribution in [3.63, 3.8) is 0 Å². The molecule has 0 unspecified atom stereocenters. The van der Waals surface area contributed by atoms with Crippen molar-refractivity contribution < 1.29 is 9.34 Å². The predicted octanol–water partition coefficient (Wildman–Crippen LogP) is 4.29. The van der Waals surface area contributed by atoms with Crippen LogP contribution in [0, 0.1) is 10.1 Å². The lowest BCUT2D eigenvalue weighted by Crippen LogP contribution is -2.46. The lowest BCUT2D eigenvalue weighted by atomic mass is 10.2. The van der Waals surface area contributed by atoms with Crippen LogP contribution in [0.25, 0.3) is 10.8 Å². The fraction of sp³-hybridized carbons (Fsp3) is 0.278. The van der Waals surface area contributed by atoms with Gasteiger partial charge >= 0.3 is 5.69 Å². The molecule has 0 amide bonds. The molecule has 0 N–H and O–H groups in total. The van der Waals surface area contributed by atoms with Crippen LogP contribution >= 0.6 is 22.9 Å². The highest BCUT2D eigenvalue weighted by Crippen LogP contribution is 2.35. The van der Waals surface area contributed by atoms with Gasteiger partial charge in [-0.1, -0.05) is 17.7 Å². The van der Waals surface area contributed by atoms with Gasteiger partial charge < -0.3 is 9.32 Å². The second kappa shape index (κ2) is 7.67. The van der Waals surface area contributed by atoms with Crippen molar-refractivity contribution >= 4 is 34.3 Å². The summed E-state index contributed by atoms with van der Waals surface area (Å²) < 4.78 is 5.39. The van der Waals surface area contributed by atoms with Gasteiger partial charge in [0.2, 0.25) is 0 Å². The van der Waals surface area contributed by atoms with E-state index >= 15 is 0 Å². The Balaban J connectivity index is 1.40. The Labute approximate surface area is 164 Å². The second-order valence-electron chi connectivity index (χ2n) is 6.25. The molecule has 3 heterocycles. The minimum atomic E-state index is -0.407. The number of thiazole rings is 1. The molecule has 0 radical (unpaired) electrons. The number of para-hydroxylation sites is 1. The summed E-state index contributed by atoms with van der Waals surface area (Å²) in [6.45, 7) is 3.77. The highest BCUT2D eigenvalue weighted by atomic mass is 35.5. The Bertz CT molecular complexity index is 936. The van der Waals surface area contributed by atoms with Crippen LogP contribution in [0.15, 0.2) is 46.4 Å². The lowest BCUT2D eigenvalue weighted by Gasteiger charge is -2.35. The van der Waals surface area contributed by atoms with Gasteiger partial charge in [0.15, 0.2) is 10.8 Å². The predicted molar refractivity (Wildman–Crippen MR) is 105 cm³/mol. The number of halogens is 1. The van der Waals surface area contributed by atoms with Crippen LogP contribution in [-0.4, -0.2) is 41.0 Å². The number of anilines is 1. The highest BCUT2D eigenvalue weighted by Gasteiger charge is 2.26. The van der Waals surface area contributed by atoms with Gasteiger partial charge in [-0.25, -0.2) is 4.98 Å². The van der Waals surface area contributed by atoms with Gasteiger partial charge in [-0.2, -0.15) is 0 Å². The van der Waals surface area contributed by atoms with Gasteiger partial charge in [0, 0.05) is 38.1 Å². The Hall–Kier alpha value is -2.42. The SMILES string of the molecule is O=[N+]([O-])c1c(Cl)cccc1N1CCN(Cc2csc(-c3ccco3)n2)CC1. The molecule has 1 aliphatic rings. The molecular weight excluding hydrogens is 388 g/mol. The third-order valence-electron chi connectivity index (χ3n) is 4.53. The van der Waals surface area contributed by atoms with E-state index < -0.39 is 4.92 Å². The van der Waals surface area contributed by atoms with E-state index in [1.807, 2.05) is 22.4 Å². The van der Waals surface area contributed by atoms with Crippen molar-refractivity contribution in [2.75, 3.05) is 31.1 Å². The molecule has 0 bridgehead atoms. The highest BCUT2D eigenvalue weighted by molar-refractivity contribution is 7.13. The van der Waals surface area contributed by atoms with Crippen molar-refractivity contribution in [2.45, 2.75) is 6.54 Å². The standard InChI is InChI=1S/C18H17ClN4O3S/c19-14-3-1-4-15(17(14)23(24)25)22-8-6-21(7-9-22)11-13-12-27-18(20-13)16-5-2-10-26-16/h1-5,10,12H,6-9,11H2. The maximum absolute atomic E-state index is 11.4. The van der Waals surface area contributed by atoms with E-state index in [0.717, 1.165) is 36.1 Å². The van der Waals surface area contributed by atoms with Crippen molar-refractivity contribution in [3.8, 4) is 10.8 Å². The fourth-order valence-corrected chi connectivity index (χ4v) is 4.22. The average molecular weight is 405 g/mol. The van der Waals surface area contributed by atoms with Crippen molar-refractivity contribution in [2.24, 2.45) is 0 Å². The number of piperazine rings is 1. The minimum Gasteiger partial charge on any atom is -0.462 e. The van der Waals surface area contributed by atoms with Gasteiger partial charge in [-0.3, -0.25) is 15.0 Å². The summed E-state index contributed by atoms with van der Waals surface area (Å²) in [5.74, 6) is 0.782. The molecule has 0 saturated carbocycles. The summed E-state index contributed by atoms with van der Waals surface area (Å²) in [6.07, 6.45) is 1.64. The summed E-state index contributed by atoms with van der Waals surface area (Å²) in [5.41, 5.74) is 1.57. The summed E-state index contributed by atoms with van der Waals surface area (Å²) in [6, 6.07) is 8.82. The Morgan fingerprint density at radius 3 is 2.74 bits per heavy atom. The average Bonchev–Trinajstić information content (AvgIpc) is 3.33. The summed E-state index contributed by atoms with van der Waals surface area (Å²) in [7, 11) is 0. The van der Waals surface area contributed by atoms with Gasteiger partial charge in [0.25, 0.3) is 0 Å². The molecule has 0 spiro atoms. The number of nitrogens with zero attached hydrogens (tertiary/aromatic N) is 4. The van der Waals surface area contributed by atoms with Crippen LogP contribution < -0.4 is 4.90 Å². The summed E-state index contributed by atoms with van der Waals surface area (Å²) in [4.78, 5) is 19.9. The van der Waals surface area contributed by atoms with Crippen LogP contribution in [0.4, 0.5) is 11.4 Å². The number of aromatic nitrogens is 1. The molecule has 1 aliphatic heterocycles. The molecule has 140 valence electrons. The number of rotatable bonds is 5. The molecule has 4 rings (SSSR count). The largest absolute Gasteiger partial charge is 0.462 e. The van der Waals surface area contributed by atoms with Crippen molar-refractivity contribution in [1.82, 2.24) is 9.88 Å². The topological polar surface area (TPSA) is 75.7 Å². The molecular formula is C18H17ClN4O3S. The van der Waals surface area contributed by atoms with Crippen molar-refractivity contribution in [1.29, 1.82) is 0 Å². The smallest absolute Gasteiger partial charge is 0.310 e. The third-order valence-corrected chi connectivity index (χ3v) is 5.74. The Kier molecular flexibility index (Phi) is 5.11. The molecule has 1 saturated heterocycles. The lowest BCUT2D eigenvalue weighted by molar-refractivity contribution is -0.384. The summed E-state index contributed by atoms with van der Waals surface area (Å²) >= 11 is 7.60. The molecule has 3 aromatic rings. The van der Waals surface area contributed by atoms with Crippen LogP contribution in [0.2, 0.25) is 5.02 Å². The molecule has 0 atom stereocenters. The number of hydrogen-bond acceptors (Lipinski definition) is 7. The Morgan fingerprint density at radius 1 is 1.22 bits per heavy atom. The molecule has 1 aromatic carbocycles. The molecule has 27 heavy (non-hydrogen) atoms. The second-order valence-corrected chi connectivity index (χ2v) is 7.51. The van der Waals surface area contributed by atoms with Crippen LogP contribution in [0.3, 0.4) is 0 Å². The van der Waals surface area contributed by atoms with Gasteiger partial charge in [0.05, 0.1) is 16.9 Å². The molecule has 1 fully saturated rings. The zero-order valence-corrected chi connectivity index (χ0v) is 15.9. The maximum Gasteiger partial charge on any atom is 0.310 e. The first-order valence-corrected chi connectivity index (χ1v) is 9.76. The van der Waals surface area contributed by atoms with E-state index in [1.54, 1.807) is 35.8 Å². The van der Waals surface area contributed by atoms with Gasteiger partial charge in [0.1, 0.15) is 10.7 Å². The van der Waals surface area contributed by atoms with Crippen LogP contribution in [0.1, 0.15) is 5.69 Å². The quantitative estimate of drug-likeness (QED) is 0.466.